The normalized spacial score (nSPS) is 12.1. The van der Waals surface area contributed by atoms with Gasteiger partial charge < -0.3 is 15.2 Å². The second kappa shape index (κ2) is 7.92. The fraction of sp³-hybridized carbons (Fsp3) is 0.143. The van der Waals surface area contributed by atoms with Crippen molar-refractivity contribution < 1.29 is 14.2 Å². The van der Waals surface area contributed by atoms with Gasteiger partial charge in [0.05, 0.1) is 18.6 Å². The Labute approximate surface area is 165 Å². The van der Waals surface area contributed by atoms with Gasteiger partial charge in [-0.05, 0) is 35.4 Å². The van der Waals surface area contributed by atoms with Gasteiger partial charge in [0.2, 0.25) is 0 Å². The van der Waals surface area contributed by atoms with Crippen molar-refractivity contribution in [2.75, 3.05) is 19.0 Å². The molecular weight excluding hydrogens is 377 g/mol. The predicted octanol–water partition coefficient (Wildman–Crippen LogP) is 4.65. The van der Waals surface area contributed by atoms with Gasteiger partial charge in [-0.1, -0.05) is 24.3 Å². The van der Waals surface area contributed by atoms with Crippen LogP contribution < -0.4 is 10.1 Å². The molecule has 0 saturated heterocycles. The molecule has 1 atom stereocenters. The summed E-state index contributed by atoms with van der Waals surface area (Å²) in [6.45, 7) is 0.246. The van der Waals surface area contributed by atoms with E-state index in [9.17, 15) is 9.50 Å². The van der Waals surface area contributed by atoms with Gasteiger partial charge in [0.25, 0.3) is 0 Å². The van der Waals surface area contributed by atoms with E-state index >= 15 is 0 Å². The highest BCUT2D eigenvalue weighted by Crippen LogP contribution is 2.37. The summed E-state index contributed by atoms with van der Waals surface area (Å²) in [6.07, 6.45) is 0.720. The van der Waals surface area contributed by atoms with E-state index in [1.165, 1.54) is 29.8 Å². The molecule has 2 N–H and O–H groups in total. The third-order valence-electron chi connectivity index (χ3n) is 4.49. The van der Waals surface area contributed by atoms with E-state index in [1.54, 1.807) is 19.2 Å². The summed E-state index contributed by atoms with van der Waals surface area (Å²) >= 11 is 1.54. The van der Waals surface area contributed by atoms with E-state index in [0.717, 1.165) is 27.1 Å². The average Bonchev–Trinajstić information content (AvgIpc) is 3.17. The zero-order valence-corrected chi connectivity index (χ0v) is 15.9. The van der Waals surface area contributed by atoms with Crippen LogP contribution >= 0.6 is 11.3 Å². The van der Waals surface area contributed by atoms with Gasteiger partial charge >= 0.3 is 0 Å². The minimum atomic E-state index is -0.784. The van der Waals surface area contributed by atoms with Gasteiger partial charge in [0, 0.05) is 17.5 Å². The minimum absolute atomic E-state index is 0.246. The SMILES string of the molecule is COc1ccc(-c2csc3ncnc(NC[C@@H](O)c4ccc(F)cc4)c23)cc1. The summed E-state index contributed by atoms with van der Waals surface area (Å²) in [5.41, 5.74) is 2.69. The van der Waals surface area contributed by atoms with E-state index in [4.69, 9.17) is 4.74 Å². The summed E-state index contributed by atoms with van der Waals surface area (Å²) in [7, 11) is 1.64. The van der Waals surface area contributed by atoms with Gasteiger partial charge in [-0.25, -0.2) is 14.4 Å². The van der Waals surface area contributed by atoms with Crippen molar-refractivity contribution in [2.24, 2.45) is 0 Å². The van der Waals surface area contributed by atoms with E-state index < -0.39 is 6.10 Å². The summed E-state index contributed by atoms with van der Waals surface area (Å²) in [5, 5.41) is 16.6. The van der Waals surface area contributed by atoms with Crippen LogP contribution in [0.2, 0.25) is 0 Å². The molecule has 0 amide bonds. The molecule has 4 aromatic rings. The van der Waals surface area contributed by atoms with Crippen LogP contribution in [0.15, 0.2) is 60.2 Å². The largest absolute Gasteiger partial charge is 0.497 e. The molecule has 5 nitrogen and oxygen atoms in total. The Kier molecular flexibility index (Phi) is 5.18. The quantitative estimate of drug-likeness (QED) is 0.497. The smallest absolute Gasteiger partial charge is 0.138 e. The first-order valence-electron chi connectivity index (χ1n) is 8.69. The highest BCUT2D eigenvalue weighted by molar-refractivity contribution is 7.17. The van der Waals surface area contributed by atoms with E-state index in [-0.39, 0.29) is 12.4 Å². The predicted molar refractivity (Wildman–Crippen MR) is 109 cm³/mol. The molecule has 0 saturated carbocycles. The highest BCUT2D eigenvalue weighted by atomic mass is 32.1. The summed E-state index contributed by atoms with van der Waals surface area (Å²) in [4.78, 5) is 9.58. The number of aliphatic hydroxyl groups is 1. The first-order valence-corrected chi connectivity index (χ1v) is 9.57. The van der Waals surface area contributed by atoms with Crippen molar-refractivity contribution in [1.29, 1.82) is 0 Å². The number of rotatable bonds is 6. The van der Waals surface area contributed by atoms with Gasteiger partial charge in [0.15, 0.2) is 0 Å². The Bertz CT molecular complexity index is 1080. The van der Waals surface area contributed by atoms with Crippen molar-refractivity contribution in [3.63, 3.8) is 0 Å². The number of hydrogen-bond donors (Lipinski definition) is 2. The number of methoxy groups -OCH3 is 1. The molecule has 2 heterocycles. The van der Waals surface area contributed by atoms with Crippen molar-refractivity contribution in [3.05, 3.63) is 71.6 Å². The first kappa shape index (κ1) is 18.3. The van der Waals surface area contributed by atoms with Gasteiger partial charge in [-0.15, -0.1) is 11.3 Å². The number of aliphatic hydroxyl groups excluding tert-OH is 1. The number of hydrogen-bond acceptors (Lipinski definition) is 6. The number of thiophene rings is 1. The lowest BCUT2D eigenvalue weighted by Gasteiger charge is -2.14. The molecule has 0 aliphatic heterocycles. The molecule has 0 fully saturated rings. The number of anilines is 1. The van der Waals surface area contributed by atoms with Crippen LogP contribution in [0.25, 0.3) is 21.3 Å². The number of ether oxygens (including phenoxy) is 1. The van der Waals surface area contributed by atoms with Crippen LogP contribution in [0.5, 0.6) is 5.75 Å². The van der Waals surface area contributed by atoms with Gasteiger partial charge in [-0.3, -0.25) is 0 Å². The van der Waals surface area contributed by atoms with Crippen molar-refractivity contribution in [2.45, 2.75) is 6.10 Å². The number of benzene rings is 2. The highest BCUT2D eigenvalue weighted by Gasteiger charge is 2.15. The molecule has 0 radical (unpaired) electrons. The molecule has 4 rings (SSSR count). The number of fused-ring (bicyclic) bond motifs is 1. The lowest BCUT2D eigenvalue weighted by atomic mass is 10.1. The first-order chi connectivity index (χ1) is 13.7. The monoisotopic (exact) mass is 395 g/mol. The standard InChI is InChI=1S/C21H18FN3O2S/c1-27-16-8-4-13(5-9-16)17-11-28-21-19(17)20(24-12-25-21)23-10-18(26)14-2-6-15(22)7-3-14/h2-9,11-12,18,26H,10H2,1H3,(H,23,24,25)/t18-/m1/s1. The molecule has 142 valence electrons. The maximum Gasteiger partial charge on any atom is 0.138 e. The molecule has 0 aliphatic rings. The van der Waals surface area contributed by atoms with E-state index in [0.29, 0.717) is 11.4 Å². The van der Waals surface area contributed by atoms with Crippen LogP contribution in [0, 0.1) is 5.82 Å². The molecule has 2 aromatic heterocycles. The van der Waals surface area contributed by atoms with Crippen LogP contribution in [0.4, 0.5) is 10.2 Å². The van der Waals surface area contributed by atoms with Gasteiger partial charge in [-0.2, -0.15) is 0 Å². The second-order valence-electron chi connectivity index (χ2n) is 6.23. The Hall–Kier alpha value is -3.03. The molecule has 2 aromatic carbocycles. The zero-order chi connectivity index (χ0) is 19.5. The van der Waals surface area contributed by atoms with E-state index in [1.807, 2.05) is 29.6 Å². The van der Waals surface area contributed by atoms with Crippen molar-refractivity contribution in [1.82, 2.24) is 9.97 Å². The lowest BCUT2D eigenvalue weighted by Crippen LogP contribution is -2.13. The number of aromatic nitrogens is 2. The van der Waals surface area contributed by atoms with Crippen LogP contribution in [-0.2, 0) is 0 Å². The number of nitrogens with one attached hydrogen (secondary N) is 1. The molecule has 28 heavy (non-hydrogen) atoms. The molecular formula is C21H18FN3O2S. The third-order valence-corrected chi connectivity index (χ3v) is 5.38. The van der Waals surface area contributed by atoms with Crippen LogP contribution in [0.1, 0.15) is 11.7 Å². The molecule has 0 bridgehead atoms. The fourth-order valence-corrected chi connectivity index (χ4v) is 3.90. The van der Waals surface area contributed by atoms with Crippen molar-refractivity contribution in [3.8, 4) is 16.9 Å². The second-order valence-corrected chi connectivity index (χ2v) is 7.09. The summed E-state index contributed by atoms with van der Waals surface area (Å²) in [5.74, 6) is 1.11. The van der Waals surface area contributed by atoms with Crippen LogP contribution in [-0.4, -0.2) is 28.7 Å². The van der Waals surface area contributed by atoms with Gasteiger partial charge in [0.1, 0.15) is 28.5 Å². The Morgan fingerprint density at radius 2 is 1.86 bits per heavy atom. The van der Waals surface area contributed by atoms with E-state index in [2.05, 4.69) is 15.3 Å². The zero-order valence-electron chi connectivity index (χ0n) is 15.1. The maximum absolute atomic E-state index is 13.1. The Morgan fingerprint density at radius 3 is 2.57 bits per heavy atom. The maximum atomic E-state index is 13.1. The fourth-order valence-electron chi connectivity index (χ4n) is 2.99. The summed E-state index contributed by atoms with van der Waals surface area (Å²) in [6, 6.07) is 13.6. The number of nitrogens with zero attached hydrogens (tertiary/aromatic N) is 2. The van der Waals surface area contributed by atoms with Crippen molar-refractivity contribution >= 4 is 27.4 Å². The molecule has 0 spiro atoms. The molecule has 7 heteroatoms. The van der Waals surface area contributed by atoms with Crippen LogP contribution in [0.3, 0.4) is 0 Å². The molecule has 0 unspecified atom stereocenters. The Morgan fingerprint density at radius 1 is 1.11 bits per heavy atom. The number of halogens is 1. The third kappa shape index (κ3) is 3.67. The lowest BCUT2D eigenvalue weighted by molar-refractivity contribution is 0.191. The average molecular weight is 395 g/mol. The molecule has 0 aliphatic carbocycles. The Balaban J connectivity index is 1.62. The summed E-state index contributed by atoms with van der Waals surface area (Å²) < 4.78 is 18.3. The topological polar surface area (TPSA) is 67.3 Å². The minimum Gasteiger partial charge on any atom is -0.497 e.